The number of halogens is 1. The Hall–Kier alpha value is -2.29. The fraction of sp³-hybridized carbons (Fsp3) is 0. The summed E-state index contributed by atoms with van der Waals surface area (Å²) in [4.78, 5) is 8.10. The van der Waals surface area contributed by atoms with Gasteiger partial charge in [-0.05, 0) is 35.4 Å². The van der Waals surface area contributed by atoms with E-state index < -0.39 is 0 Å². The van der Waals surface area contributed by atoms with E-state index in [1.165, 1.54) is 18.5 Å². The minimum atomic E-state index is -0.248. The molecule has 0 bridgehead atoms. The van der Waals surface area contributed by atoms with E-state index in [4.69, 9.17) is 6.92 Å². The van der Waals surface area contributed by atoms with Gasteiger partial charge in [0.05, 0.1) is 11.2 Å². The largest absolute Gasteiger partial charge is 0.240 e. The van der Waals surface area contributed by atoms with Gasteiger partial charge < -0.3 is 0 Å². The lowest BCUT2D eigenvalue weighted by molar-refractivity contribution is 0.628. The number of nitrogens with zero attached hydrogens (tertiary/aromatic N) is 2. The Morgan fingerprint density at radius 3 is 2.39 bits per heavy atom. The lowest BCUT2D eigenvalue weighted by Crippen LogP contribution is -1.88. The van der Waals surface area contributed by atoms with Crippen molar-refractivity contribution in [1.29, 1.82) is 0 Å². The molecule has 0 spiro atoms. The van der Waals surface area contributed by atoms with Crippen molar-refractivity contribution in [2.24, 2.45) is 0 Å². The molecular formula is C15H9FN2. The van der Waals surface area contributed by atoms with E-state index in [1.807, 2.05) is 18.2 Å². The van der Waals surface area contributed by atoms with E-state index in [0.29, 0.717) is 5.69 Å². The maximum Gasteiger partial charge on any atom is 0.123 e. The molecule has 0 N–H and O–H groups in total. The molecule has 0 saturated heterocycles. The lowest BCUT2D eigenvalue weighted by atomic mass is 10.0. The molecule has 3 aromatic rings. The highest BCUT2D eigenvalue weighted by atomic mass is 19.1. The van der Waals surface area contributed by atoms with E-state index in [-0.39, 0.29) is 5.82 Å². The number of rotatable bonds is 1. The Balaban J connectivity index is 2.18. The molecule has 0 unspecified atom stereocenters. The summed E-state index contributed by atoms with van der Waals surface area (Å²) in [5, 5.41) is 0.805. The second-order valence-electron chi connectivity index (χ2n) is 4.00. The minimum absolute atomic E-state index is 0.248. The van der Waals surface area contributed by atoms with E-state index >= 15 is 0 Å². The van der Waals surface area contributed by atoms with Gasteiger partial charge in [-0.1, -0.05) is 18.2 Å². The topological polar surface area (TPSA) is 25.8 Å². The molecule has 2 nitrogen and oxygen atoms in total. The highest BCUT2D eigenvalue weighted by Crippen LogP contribution is 2.24. The van der Waals surface area contributed by atoms with Crippen molar-refractivity contribution >= 4 is 10.9 Å². The lowest BCUT2D eigenvalue weighted by Gasteiger charge is -2.05. The standard InChI is InChI=1S/C15H9FN2/c1-10-14-8-12(4-7-15(14)18-9-17-10)11-2-5-13(16)6-3-11/h1-9H. The Morgan fingerprint density at radius 1 is 0.889 bits per heavy atom. The number of benzene rings is 2. The van der Waals surface area contributed by atoms with Crippen LogP contribution >= 0.6 is 0 Å². The summed E-state index contributed by atoms with van der Waals surface area (Å²) in [7, 11) is 0. The second-order valence-corrected chi connectivity index (χ2v) is 4.00. The first-order chi connectivity index (χ1) is 8.74. The van der Waals surface area contributed by atoms with Gasteiger partial charge in [-0.3, -0.25) is 0 Å². The van der Waals surface area contributed by atoms with Crippen molar-refractivity contribution in [1.82, 2.24) is 9.97 Å². The van der Waals surface area contributed by atoms with Gasteiger partial charge in [-0.15, -0.1) is 0 Å². The van der Waals surface area contributed by atoms with E-state index in [0.717, 1.165) is 22.0 Å². The molecule has 0 aliphatic carbocycles. The summed E-state index contributed by atoms with van der Waals surface area (Å²) in [6.07, 6.45) is 1.44. The fourth-order valence-electron chi connectivity index (χ4n) is 1.90. The maximum absolute atomic E-state index is 12.9. The molecule has 18 heavy (non-hydrogen) atoms. The third-order valence-electron chi connectivity index (χ3n) is 2.84. The monoisotopic (exact) mass is 236 g/mol. The van der Waals surface area contributed by atoms with Gasteiger partial charge in [-0.25, -0.2) is 14.4 Å². The van der Waals surface area contributed by atoms with Crippen molar-refractivity contribution in [3.63, 3.8) is 0 Å². The molecule has 3 heteroatoms. The molecule has 0 saturated carbocycles. The van der Waals surface area contributed by atoms with Crippen LogP contribution in [0.15, 0.2) is 48.8 Å². The highest BCUT2D eigenvalue weighted by Gasteiger charge is 2.03. The Morgan fingerprint density at radius 2 is 1.61 bits per heavy atom. The van der Waals surface area contributed by atoms with Crippen molar-refractivity contribution in [3.8, 4) is 11.1 Å². The van der Waals surface area contributed by atoms with Crippen LogP contribution in [-0.2, 0) is 0 Å². The molecule has 0 fully saturated rings. The predicted octanol–water partition coefficient (Wildman–Crippen LogP) is 3.50. The molecule has 2 aromatic carbocycles. The first kappa shape index (κ1) is 10.8. The molecule has 1 heterocycles. The molecule has 0 amide bonds. The molecule has 86 valence electrons. The normalized spacial score (nSPS) is 10.8. The van der Waals surface area contributed by atoms with E-state index in [9.17, 15) is 4.39 Å². The SMILES string of the molecule is [CH]c1ncnc2ccc(-c3ccc(F)cc3)cc12. The number of hydrogen-bond donors (Lipinski definition) is 0. The maximum atomic E-state index is 12.9. The van der Waals surface area contributed by atoms with E-state index in [2.05, 4.69) is 9.97 Å². The van der Waals surface area contributed by atoms with Gasteiger partial charge in [-0.2, -0.15) is 0 Å². The molecule has 0 atom stereocenters. The zero-order chi connectivity index (χ0) is 12.5. The number of hydrogen-bond acceptors (Lipinski definition) is 2. The average Bonchev–Trinajstić information content (AvgIpc) is 2.40. The molecule has 3 rings (SSSR count). The van der Waals surface area contributed by atoms with Crippen LogP contribution in [0.3, 0.4) is 0 Å². The first-order valence-electron chi connectivity index (χ1n) is 5.50. The highest BCUT2D eigenvalue weighted by molar-refractivity contribution is 5.86. The van der Waals surface area contributed by atoms with Crippen molar-refractivity contribution in [3.05, 3.63) is 67.2 Å². The van der Waals surface area contributed by atoms with Gasteiger partial charge in [0.1, 0.15) is 12.1 Å². The summed E-state index contributed by atoms with van der Waals surface area (Å²) >= 11 is 0. The van der Waals surface area contributed by atoms with Crippen LogP contribution in [0.5, 0.6) is 0 Å². The van der Waals surface area contributed by atoms with Gasteiger partial charge in [0.15, 0.2) is 0 Å². The smallest absolute Gasteiger partial charge is 0.123 e. The molecule has 0 aliphatic rings. The molecule has 1 aromatic heterocycles. The molecular weight excluding hydrogens is 227 g/mol. The quantitative estimate of drug-likeness (QED) is 0.646. The van der Waals surface area contributed by atoms with Crippen LogP contribution < -0.4 is 0 Å². The Bertz CT molecular complexity index is 705. The second kappa shape index (κ2) is 4.18. The first-order valence-corrected chi connectivity index (χ1v) is 5.50. The van der Waals surface area contributed by atoms with Crippen LogP contribution in [-0.4, -0.2) is 9.97 Å². The van der Waals surface area contributed by atoms with Crippen LogP contribution in [0.1, 0.15) is 5.69 Å². The van der Waals surface area contributed by atoms with Crippen molar-refractivity contribution < 1.29 is 4.39 Å². The zero-order valence-corrected chi connectivity index (χ0v) is 9.47. The van der Waals surface area contributed by atoms with Crippen molar-refractivity contribution in [2.45, 2.75) is 0 Å². The van der Waals surface area contributed by atoms with Crippen LogP contribution in [0.2, 0.25) is 0 Å². The zero-order valence-electron chi connectivity index (χ0n) is 9.47. The number of fused-ring (bicyclic) bond motifs is 1. The van der Waals surface area contributed by atoms with Crippen LogP contribution in [0, 0.1) is 12.7 Å². The molecule has 0 aliphatic heterocycles. The van der Waals surface area contributed by atoms with Crippen LogP contribution in [0.25, 0.3) is 22.0 Å². The van der Waals surface area contributed by atoms with Gasteiger partial charge in [0.2, 0.25) is 0 Å². The van der Waals surface area contributed by atoms with E-state index in [1.54, 1.807) is 12.1 Å². The Kier molecular flexibility index (Phi) is 2.52. The molecule has 2 radical (unpaired) electrons. The van der Waals surface area contributed by atoms with Gasteiger partial charge in [0.25, 0.3) is 0 Å². The van der Waals surface area contributed by atoms with Crippen molar-refractivity contribution in [2.75, 3.05) is 0 Å². The minimum Gasteiger partial charge on any atom is -0.240 e. The number of aromatic nitrogens is 2. The Labute approximate surface area is 104 Å². The summed E-state index contributed by atoms with van der Waals surface area (Å²) in [5.74, 6) is -0.248. The third-order valence-corrected chi connectivity index (χ3v) is 2.84. The average molecular weight is 236 g/mol. The summed E-state index contributed by atoms with van der Waals surface area (Å²) in [6.45, 7) is 5.82. The summed E-state index contributed by atoms with van der Waals surface area (Å²) in [6, 6.07) is 12.1. The summed E-state index contributed by atoms with van der Waals surface area (Å²) < 4.78 is 12.9. The summed E-state index contributed by atoms with van der Waals surface area (Å²) in [5.41, 5.74) is 3.14. The van der Waals surface area contributed by atoms with Gasteiger partial charge >= 0.3 is 0 Å². The predicted molar refractivity (Wildman–Crippen MR) is 68.3 cm³/mol. The fourth-order valence-corrected chi connectivity index (χ4v) is 1.90. The third kappa shape index (κ3) is 1.84. The van der Waals surface area contributed by atoms with Gasteiger partial charge in [0, 0.05) is 12.3 Å². The van der Waals surface area contributed by atoms with Crippen LogP contribution in [0.4, 0.5) is 4.39 Å².